The molecule has 2 N–H and O–H groups in total. The third-order valence-electron chi connectivity index (χ3n) is 2.80. The van der Waals surface area contributed by atoms with Gasteiger partial charge in [-0.25, -0.2) is 0 Å². The Bertz CT molecular complexity index is 261. The minimum Gasteiger partial charge on any atom is -0.393 e. The van der Waals surface area contributed by atoms with Gasteiger partial charge < -0.3 is 10.4 Å². The Kier molecular flexibility index (Phi) is 6.69. The lowest BCUT2D eigenvalue weighted by atomic mass is 10.1. The molecule has 16 heavy (non-hydrogen) atoms. The van der Waals surface area contributed by atoms with Crippen LogP contribution < -0.4 is 5.32 Å². The zero-order valence-corrected chi connectivity index (χ0v) is 11.1. The molecule has 2 nitrogen and oxygen atoms in total. The first-order chi connectivity index (χ1) is 7.72. The van der Waals surface area contributed by atoms with Gasteiger partial charge in [0.15, 0.2) is 0 Å². The highest BCUT2D eigenvalue weighted by molar-refractivity contribution is 7.07. The highest BCUT2D eigenvalue weighted by Crippen LogP contribution is 2.08. The summed E-state index contributed by atoms with van der Waals surface area (Å²) in [6.07, 6.45) is 3.82. The van der Waals surface area contributed by atoms with Crippen molar-refractivity contribution in [3.8, 4) is 0 Å². The van der Waals surface area contributed by atoms with Crippen LogP contribution in [0.25, 0.3) is 0 Å². The first kappa shape index (κ1) is 13.7. The molecule has 2 unspecified atom stereocenters. The number of nitrogens with one attached hydrogen (secondary N) is 1. The van der Waals surface area contributed by atoms with Gasteiger partial charge in [-0.15, -0.1) is 0 Å². The maximum Gasteiger partial charge on any atom is 0.0538 e. The fourth-order valence-electron chi connectivity index (χ4n) is 1.72. The Balaban J connectivity index is 2.04. The molecule has 0 aliphatic rings. The van der Waals surface area contributed by atoms with Gasteiger partial charge in [0.05, 0.1) is 6.10 Å². The maximum absolute atomic E-state index is 9.40. The van der Waals surface area contributed by atoms with Crippen molar-refractivity contribution in [2.24, 2.45) is 0 Å². The highest BCUT2D eigenvalue weighted by atomic mass is 32.1. The minimum absolute atomic E-state index is 0.117. The number of aliphatic hydroxyl groups is 1. The molecule has 92 valence electrons. The van der Waals surface area contributed by atoms with Gasteiger partial charge in [0, 0.05) is 6.04 Å². The summed E-state index contributed by atoms with van der Waals surface area (Å²) in [5, 5.41) is 17.2. The van der Waals surface area contributed by atoms with E-state index in [1.807, 2.05) is 6.92 Å². The van der Waals surface area contributed by atoms with Gasteiger partial charge in [0.1, 0.15) is 0 Å². The van der Waals surface area contributed by atoms with Gasteiger partial charge in [-0.3, -0.25) is 0 Å². The SMILES string of the molecule is CCC(O)CCCNC(C)Cc1ccsc1. The number of aliphatic hydroxyl groups excluding tert-OH is 1. The Labute approximate surface area is 103 Å². The van der Waals surface area contributed by atoms with Crippen LogP contribution in [0.15, 0.2) is 16.8 Å². The fourth-order valence-corrected chi connectivity index (χ4v) is 2.41. The largest absolute Gasteiger partial charge is 0.393 e. The predicted molar refractivity (Wildman–Crippen MR) is 71.0 cm³/mol. The number of hydrogen-bond donors (Lipinski definition) is 2. The summed E-state index contributed by atoms with van der Waals surface area (Å²) in [4.78, 5) is 0. The van der Waals surface area contributed by atoms with Gasteiger partial charge in [0.2, 0.25) is 0 Å². The second-order valence-electron chi connectivity index (χ2n) is 4.40. The fraction of sp³-hybridized carbons (Fsp3) is 0.692. The van der Waals surface area contributed by atoms with Crippen LogP contribution in [0.2, 0.25) is 0 Å². The first-order valence-corrected chi connectivity index (χ1v) is 7.09. The minimum atomic E-state index is -0.117. The van der Waals surface area contributed by atoms with E-state index in [1.54, 1.807) is 11.3 Å². The summed E-state index contributed by atoms with van der Waals surface area (Å²) in [5.41, 5.74) is 1.42. The lowest BCUT2D eigenvalue weighted by molar-refractivity contribution is 0.157. The Morgan fingerprint density at radius 3 is 2.94 bits per heavy atom. The second kappa shape index (κ2) is 7.82. The summed E-state index contributed by atoms with van der Waals surface area (Å²) in [6, 6.07) is 2.71. The zero-order valence-electron chi connectivity index (χ0n) is 10.3. The van der Waals surface area contributed by atoms with Crippen LogP contribution in [-0.4, -0.2) is 23.8 Å². The van der Waals surface area contributed by atoms with E-state index in [0.29, 0.717) is 6.04 Å². The van der Waals surface area contributed by atoms with Crippen LogP contribution in [0, 0.1) is 0 Å². The Morgan fingerprint density at radius 2 is 2.31 bits per heavy atom. The molecule has 0 aliphatic carbocycles. The quantitative estimate of drug-likeness (QED) is 0.686. The van der Waals surface area contributed by atoms with Crippen LogP contribution >= 0.6 is 11.3 Å². The molecule has 0 bridgehead atoms. The predicted octanol–water partition coefficient (Wildman–Crippen LogP) is 2.82. The normalized spacial score (nSPS) is 14.9. The summed E-state index contributed by atoms with van der Waals surface area (Å²) in [6.45, 7) is 5.24. The molecule has 0 saturated carbocycles. The Morgan fingerprint density at radius 1 is 1.50 bits per heavy atom. The van der Waals surface area contributed by atoms with Gasteiger partial charge in [0.25, 0.3) is 0 Å². The summed E-state index contributed by atoms with van der Waals surface area (Å²) in [7, 11) is 0. The molecule has 0 saturated heterocycles. The molecule has 2 atom stereocenters. The molecular weight excluding hydrogens is 218 g/mol. The van der Waals surface area contributed by atoms with Crippen LogP contribution in [0.3, 0.4) is 0 Å². The summed E-state index contributed by atoms with van der Waals surface area (Å²) in [5.74, 6) is 0. The first-order valence-electron chi connectivity index (χ1n) is 6.15. The average molecular weight is 241 g/mol. The molecule has 3 heteroatoms. The van der Waals surface area contributed by atoms with Gasteiger partial charge in [-0.2, -0.15) is 11.3 Å². The lowest BCUT2D eigenvalue weighted by Gasteiger charge is -2.13. The monoisotopic (exact) mass is 241 g/mol. The van der Waals surface area contributed by atoms with Crippen molar-refractivity contribution in [1.82, 2.24) is 5.32 Å². The van der Waals surface area contributed by atoms with Crippen molar-refractivity contribution in [1.29, 1.82) is 0 Å². The average Bonchev–Trinajstić information content (AvgIpc) is 2.76. The molecular formula is C13H23NOS. The van der Waals surface area contributed by atoms with Gasteiger partial charge in [-0.1, -0.05) is 6.92 Å². The highest BCUT2D eigenvalue weighted by Gasteiger charge is 2.04. The molecule has 1 aromatic heterocycles. The molecule has 0 aliphatic heterocycles. The third kappa shape index (κ3) is 5.64. The molecule has 0 radical (unpaired) electrons. The molecule has 0 spiro atoms. The molecule has 0 amide bonds. The van der Waals surface area contributed by atoms with Gasteiger partial charge in [-0.05, 0) is 61.5 Å². The number of hydrogen-bond acceptors (Lipinski definition) is 3. The van der Waals surface area contributed by atoms with Crippen LogP contribution in [-0.2, 0) is 6.42 Å². The van der Waals surface area contributed by atoms with E-state index >= 15 is 0 Å². The lowest BCUT2D eigenvalue weighted by Crippen LogP contribution is -2.29. The second-order valence-corrected chi connectivity index (χ2v) is 5.18. The zero-order chi connectivity index (χ0) is 11.8. The van der Waals surface area contributed by atoms with Crippen LogP contribution in [0.1, 0.15) is 38.7 Å². The van der Waals surface area contributed by atoms with Crippen molar-refractivity contribution in [3.63, 3.8) is 0 Å². The number of rotatable bonds is 8. The molecule has 0 fully saturated rings. The Hall–Kier alpha value is -0.380. The molecule has 1 heterocycles. The van der Waals surface area contributed by atoms with E-state index < -0.39 is 0 Å². The van der Waals surface area contributed by atoms with E-state index in [2.05, 4.69) is 29.1 Å². The molecule has 0 aromatic carbocycles. The van der Waals surface area contributed by atoms with Crippen molar-refractivity contribution in [2.75, 3.05) is 6.54 Å². The summed E-state index contributed by atoms with van der Waals surface area (Å²) < 4.78 is 0. The maximum atomic E-state index is 9.40. The molecule has 1 rings (SSSR count). The van der Waals surface area contributed by atoms with Crippen molar-refractivity contribution >= 4 is 11.3 Å². The van der Waals surface area contributed by atoms with Crippen LogP contribution in [0.5, 0.6) is 0 Å². The van der Waals surface area contributed by atoms with Crippen molar-refractivity contribution in [3.05, 3.63) is 22.4 Å². The van der Waals surface area contributed by atoms with E-state index in [-0.39, 0.29) is 6.10 Å². The van der Waals surface area contributed by atoms with Crippen LogP contribution in [0.4, 0.5) is 0 Å². The third-order valence-corrected chi connectivity index (χ3v) is 3.53. The van der Waals surface area contributed by atoms with E-state index in [9.17, 15) is 5.11 Å². The number of thiophene rings is 1. The molecule has 1 aromatic rings. The van der Waals surface area contributed by atoms with E-state index in [0.717, 1.165) is 32.2 Å². The van der Waals surface area contributed by atoms with Crippen molar-refractivity contribution < 1.29 is 5.11 Å². The van der Waals surface area contributed by atoms with E-state index in [1.165, 1.54) is 5.56 Å². The van der Waals surface area contributed by atoms with Crippen molar-refractivity contribution in [2.45, 2.75) is 51.7 Å². The standard InChI is InChI=1S/C13H23NOS/c1-3-13(15)5-4-7-14-11(2)9-12-6-8-16-10-12/h6,8,10-11,13-15H,3-5,7,9H2,1-2H3. The van der Waals surface area contributed by atoms with E-state index in [4.69, 9.17) is 0 Å². The smallest absolute Gasteiger partial charge is 0.0538 e. The topological polar surface area (TPSA) is 32.3 Å². The summed E-state index contributed by atoms with van der Waals surface area (Å²) >= 11 is 1.76. The van der Waals surface area contributed by atoms with Gasteiger partial charge >= 0.3 is 0 Å².